The van der Waals surface area contributed by atoms with Gasteiger partial charge in [-0.2, -0.15) is 0 Å². The third kappa shape index (κ3) is 27.0. The standard InChI is InChI=1S/C52H98N16O13/c1-9-29(6)11-10-12-40(71)59-32(13-19-53)47(76)68-42(31(8)70)52(81)64-35(16-22-56)44(73)63-37-18-24-58-51(80)41(30(7)69)67-48(77)36(17-23-57)61-43(72)33(14-20-54)62-49(78)38(25-27(2)3)66-50(79)39(26-28(4)5)65-45(74)34(15-21-55)60-46(37)75/h27-39,41-42,69-70H,9-26,53-57H2,1-8H3,(H,58,80)(H,59,71)(H,60,75)(H,61,72)(H,62,78)(H,63,73)(H,64,81)(H,65,74)(H,66,79)(H,67,77)(H,68,76)/t29?,30-,31-,32+,33+,34?,35+,36+,37?,38+,39-,41?,42+/m1/s1. The number of amides is 11. The number of nitrogens with one attached hydrogen (secondary N) is 11. The summed E-state index contributed by atoms with van der Waals surface area (Å²) < 4.78 is 0. The van der Waals surface area contributed by atoms with E-state index in [0.29, 0.717) is 12.3 Å². The van der Waals surface area contributed by atoms with Crippen molar-refractivity contribution in [2.75, 3.05) is 39.3 Å². The molecule has 29 heteroatoms. The Morgan fingerprint density at radius 1 is 0.531 bits per heavy atom. The highest BCUT2D eigenvalue weighted by atomic mass is 16.3. The SMILES string of the molecule is CCC(C)CCCC(=O)N[C@@H](CCN)C(=O)N[C@H](C(=O)N[C@@H](CCN)C(=O)NC1CCNC(=O)C([C@@H](C)O)NC(=O)[C@H](CCN)NC(=O)[C@H](CCN)NC(=O)[C@H](CC(C)C)NC(=O)[C@@H](CC(C)C)NC(=O)C(CCN)NC1=O)[C@@H](C)O. The molecule has 1 aliphatic rings. The molecule has 23 N–H and O–H groups in total. The van der Waals surface area contributed by atoms with Gasteiger partial charge in [-0.25, -0.2) is 0 Å². The highest BCUT2D eigenvalue weighted by Gasteiger charge is 2.37. The summed E-state index contributed by atoms with van der Waals surface area (Å²) >= 11 is 0. The fourth-order valence-corrected chi connectivity index (χ4v) is 8.60. The molecule has 29 nitrogen and oxygen atoms in total. The molecule has 13 atom stereocenters. The minimum Gasteiger partial charge on any atom is -0.391 e. The van der Waals surface area contributed by atoms with Crippen LogP contribution in [0.15, 0.2) is 0 Å². The molecule has 0 aliphatic carbocycles. The molecule has 1 aliphatic heterocycles. The molecule has 0 bridgehead atoms. The molecule has 11 amide bonds. The molecule has 464 valence electrons. The van der Waals surface area contributed by atoms with Crippen molar-refractivity contribution in [3.05, 3.63) is 0 Å². The molecule has 0 spiro atoms. The summed E-state index contributed by atoms with van der Waals surface area (Å²) in [6, 6.07) is -14.5. The van der Waals surface area contributed by atoms with Gasteiger partial charge in [0.05, 0.1) is 12.2 Å². The molecule has 0 radical (unpaired) electrons. The first-order valence-corrected chi connectivity index (χ1v) is 28.3. The van der Waals surface area contributed by atoms with Crippen molar-refractivity contribution in [2.45, 2.75) is 205 Å². The van der Waals surface area contributed by atoms with E-state index in [1.165, 1.54) is 13.8 Å². The monoisotopic (exact) mass is 1150 g/mol. The summed E-state index contributed by atoms with van der Waals surface area (Å²) in [5.74, 6) is -9.60. The highest BCUT2D eigenvalue weighted by molar-refractivity contribution is 5.99. The second-order valence-electron chi connectivity index (χ2n) is 21.6. The average Bonchev–Trinajstić information content (AvgIpc) is 3.41. The minimum absolute atomic E-state index is 0.0146. The van der Waals surface area contributed by atoms with Crippen molar-refractivity contribution in [1.82, 2.24) is 58.5 Å². The Balaban J connectivity index is 3.84. The summed E-state index contributed by atoms with van der Waals surface area (Å²) in [7, 11) is 0. The Labute approximate surface area is 475 Å². The van der Waals surface area contributed by atoms with Crippen LogP contribution in [0.5, 0.6) is 0 Å². The van der Waals surface area contributed by atoms with Crippen LogP contribution in [0.25, 0.3) is 0 Å². The molecule has 1 heterocycles. The van der Waals surface area contributed by atoms with Gasteiger partial charge in [0.15, 0.2) is 0 Å². The lowest BCUT2D eigenvalue weighted by Crippen LogP contribution is -2.62. The number of rotatable bonds is 28. The molecule has 4 unspecified atom stereocenters. The molecule has 81 heavy (non-hydrogen) atoms. The van der Waals surface area contributed by atoms with Crippen LogP contribution in [-0.4, -0.2) is 187 Å². The van der Waals surface area contributed by atoms with Crippen LogP contribution in [0, 0.1) is 17.8 Å². The maximum Gasteiger partial charge on any atom is 0.245 e. The molecule has 0 aromatic carbocycles. The normalized spacial score (nSPS) is 23.6. The Hall–Kier alpha value is -6.11. The summed E-state index contributed by atoms with van der Waals surface area (Å²) in [6.07, 6.45) is -1.79. The van der Waals surface area contributed by atoms with Crippen molar-refractivity contribution in [3.8, 4) is 0 Å². The number of hydrogen-bond donors (Lipinski definition) is 18. The van der Waals surface area contributed by atoms with Gasteiger partial charge < -0.3 is 97.4 Å². The number of aliphatic hydroxyl groups is 2. The van der Waals surface area contributed by atoms with Gasteiger partial charge in [-0.15, -0.1) is 0 Å². The van der Waals surface area contributed by atoms with Gasteiger partial charge in [-0.3, -0.25) is 52.7 Å². The van der Waals surface area contributed by atoms with Crippen LogP contribution in [0.1, 0.15) is 132 Å². The van der Waals surface area contributed by atoms with Gasteiger partial charge >= 0.3 is 0 Å². The van der Waals surface area contributed by atoms with E-state index in [2.05, 4.69) is 65.4 Å². The average molecular weight is 1160 g/mol. The van der Waals surface area contributed by atoms with Crippen LogP contribution in [0.4, 0.5) is 0 Å². The van der Waals surface area contributed by atoms with Crippen molar-refractivity contribution in [3.63, 3.8) is 0 Å². The summed E-state index contributed by atoms with van der Waals surface area (Å²) in [4.78, 5) is 153. The second-order valence-corrected chi connectivity index (χ2v) is 21.6. The van der Waals surface area contributed by atoms with Gasteiger partial charge in [-0.1, -0.05) is 54.4 Å². The maximum atomic E-state index is 14.4. The first-order valence-electron chi connectivity index (χ1n) is 28.3. The van der Waals surface area contributed by atoms with Crippen molar-refractivity contribution >= 4 is 65.0 Å². The predicted octanol–water partition coefficient (Wildman–Crippen LogP) is -5.83. The van der Waals surface area contributed by atoms with Gasteiger partial charge in [-0.05, 0) is 122 Å². The van der Waals surface area contributed by atoms with E-state index in [9.17, 15) is 63.0 Å². The van der Waals surface area contributed by atoms with Gasteiger partial charge in [0.25, 0.3) is 0 Å². The van der Waals surface area contributed by atoms with Crippen molar-refractivity contribution in [2.24, 2.45) is 46.4 Å². The fourth-order valence-electron chi connectivity index (χ4n) is 8.60. The van der Waals surface area contributed by atoms with Crippen LogP contribution in [0.3, 0.4) is 0 Å². The number of aliphatic hydroxyl groups excluding tert-OH is 2. The number of carbonyl (C=O) groups is 11. The van der Waals surface area contributed by atoms with E-state index in [0.717, 1.165) is 12.8 Å². The third-order valence-electron chi connectivity index (χ3n) is 13.4. The van der Waals surface area contributed by atoms with E-state index in [-0.39, 0.29) is 95.9 Å². The van der Waals surface area contributed by atoms with E-state index >= 15 is 0 Å². The van der Waals surface area contributed by atoms with E-state index in [1.54, 1.807) is 27.7 Å². The smallest absolute Gasteiger partial charge is 0.245 e. The largest absolute Gasteiger partial charge is 0.391 e. The molecular weight excluding hydrogens is 1060 g/mol. The van der Waals surface area contributed by atoms with Crippen LogP contribution in [-0.2, 0) is 52.7 Å². The molecule has 0 aromatic rings. The van der Waals surface area contributed by atoms with E-state index < -0.39 is 151 Å². The third-order valence-corrected chi connectivity index (χ3v) is 13.4. The maximum absolute atomic E-state index is 14.4. The Kier molecular flexibility index (Phi) is 34.7. The second kappa shape index (κ2) is 38.6. The zero-order valence-electron chi connectivity index (χ0n) is 48.7. The molecule has 0 aromatic heterocycles. The summed E-state index contributed by atoms with van der Waals surface area (Å²) in [5.41, 5.74) is 29.2. The topological polar surface area (TPSA) is 491 Å². The molecular formula is C52H98N16O13. The fraction of sp³-hybridized carbons (Fsp3) is 0.788. The number of carbonyl (C=O) groups excluding carboxylic acids is 11. The zero-order chi connectivity index (χ0) is 61.5. The Bertz CT molecular complexity index is 2050. The minimum atomic E-state index is -1.69. The van der Waals surface area contributed by atoms with Crippen molar-refractivity contribution < 1.29 is 63.0 Å². The quantitative estimate of drug-likeness (QED) is 0.0347. The van der Waals surface area contributed by atoms with Gasteiger partial charge in [0.2, 0.25) is 65.0 Å². The van der Waals surface area contributed by atoms with Crippen molar-refractivity contribution in [1.29, 1.82) is 0 Å². The lowest BCUT2D eigenvalue weighted by molar-refractivity contribution is -0.137. The first kappa shape index (κ1) is 72.9. The number of hydrogen-bond acceptors (Lipinski definition) is 18. The molecule has 1 rings (SSSR count). The highest BCUT2D eigenvalue weighted by Crippen LogP contribution is 2.13. The molecule has 0 saturated carbocycles. The molecule has 1 saturated heterocycles. The first-order chi connectivity index (χ1) is 38.2. The Morgan fingerprint density at radius 3 is 1.38 bits per heavy atom. The lowest BCUT2D eigenvalue weighted by Gasteiger charge is -2.29. The summed E-state index contributed by atoms with van der Waals surface area (Å²) in [6.45, 7) is 12.5. The number of nitrogens with two attached hydrogens (primary N) is 5. The molecule has 1 fully saturated rings. The summed E-state index contributed by atoms with van der Waals surface area (Å²) in [5, 5.41) is 49.5. The lowest BCUT2D eigenvalue weighted by atomic mass is 9.99. The Morgan fingerprint density at radius 2 is 0.963 bits per heavy atom. The van der Waals surface area contributed by atoms with Crippen LogP contribution >= 0.6 is 0 Å². The zero-order valence-corrected chi connectivity index (χ0v) is 48.7. The van der Waals surface area contributed by atoms with Crippen LogP contribution in [0.2, 0.25) is 0 Å². The van der Waals surface area contributed by atoms with Gasteiger partial charge in [0.1, 0.15) is 60.4 Å². The van der Waals surface area contributed by atoms with Crippen LogP contribution < -0.4 is 87.2 Å². The van der Waals surface area contributed by atoms with E-state index in [4.69, 9.17) is 28.7 Å². The van der Waals surface area contributed by atoms with Gasteiger partial charge in [0, 0.05) is 13.0 Å². The van der Waals surface area contributed by atoms with E-state index in [1.807, 2.05) is 6.92 Å². The predicted molar refractivity (Wildman–Crippen MR) is 301 cm³/mol.